The van der Waals surface area contributed by atoms with Crippen molar-refractivity contribution in [1.82, 2.24) is 19.8 Å². The number of H-pyrrole nitrogens is 1. The van der Waals surface area contributed by atoms with Gasteiger partial charge < -0.3 is 38.5 Å². The zero-order chi connectivity index (χ0) is 27.5. The molecule has 0 bridgehead atoms. The normalized spacial score (nSPS) is 16.7. The van der Waals surface area contributed by atoms with Gasteiger partial charge in [0, 0.05) is 36.6 Å². The van der Waals surface area contributed by atoms with E-state index in [0.717, 1.165) is 24.1 Å². The van der Waals surface area contributed by atoms with E-state index in [-0.39, 0.29) is 31.3 Å². The van der Waals surface area contributed by atoms with Gasteiger partial charge in [-0.05, 0) is 37.4 Å². The standard InChI is InChI=1S/C29H28N4O7/c1-3-32(4-2)10-15(34)11-33-12-17(23-19(33)6-8-21-27(23)40-14-38-21)25-24(28(35)31-29(25)36)16-9-30-18-5-7-20-26(22(16)18)39-13-37-20/h5-9,12,15,30,34H,3-4,10-11,13-14H2,1-2H3,(H,31,35,36). The van der Waals surface area contributed by atoms with Crippen LogP contribution in [0.4, 0.5) is 0 Å². The Balaban J connectivity index is 1.44. The zero-order valence-corrected chi connectivity index (χ0v) is 22.1. The molecule has 1 atom stereocenters. The fourth-order valence-electron chi connectivity index (χ4n) is 5.91. The molecule has 0 aliphatic carbocycles. The lowest BCUT2D eigenvalue weighted by molar-refractivity contribution is -0.122. The van der Waals surface area contributed by atoms with E-state index in [1.165, 1.54) is 0 Å². The topological polar surface area (TPSA) is 127 Å². The van der Waals surface area contributed by atoms with E-state index in [4.69, 9.17) is 18.9 Å². The maximum atomic E-state index is 13.5. The summed E-state index contributed by atoms with van der Waals surface area (Å²) in [4.78, 5) is 32.2. The minimum absolute atomic E-state index is 0.0482. The molecule has 3 aliphatic rings. The molecule has 0 fully saturated rings. The Morgan fingerprint density at radius 1 is 0.900 bits per heavy atom. The number of carbonyl (C=O) groups excluding carboxylic acids is 2. The maximum absolute atomic E-state index is 13.5. The summed E-state index contributed by atoms with van der Waals surface area (Å²) in [6, 6.07) is 7.35. The fourth-order valence-corrected chi connectivity index (χ4v) is 5.91. The molecule has 11 nitrogen and oxygen atoms in total. The van der Waals surface area contributed by atoms with Crippen LogP contribution < -0.4 is 24.3 Å². The summed E-state index contributed by atoms with van der Waals surface area (Å²) in [5.41, 5.74) is 2.99. The van der Waals surface area contributed by atoms with Gasteiger partial charge in [-0.1, -0.05) is 13.8 Å². The average Bonchev–Trinajstić information content (AvgIpc) is 3.76. The van der Waals surface area contributed by atoms with Crippen molar-refractivity contribution in [2.75, 3.05) is 33.2 Å². The molecular formula is C29H28N4O7. The third kappa shape index (κ3) is 3.65. The molecule has 2 aromatic heterocycles. The number of benzene rings is 2. The van der Waals surface area contributed by atoms with Gasteiger partial charge in [0.05, 0.1) is 39.1 Å². The Kier molecular flexibility index (Phi) is 5.72. The first-order valence-electron chi connectivity index (χ1n) is 13.3. The van der Waals surface area contributed by atoms with Crippen LogP contribution in [0.3, 0.4) is 0 Å². The number of carbonyl (C=O) groups is 2. The van der Waals surface area contributed by atoms with Crippen molar-refractivity contribution in [2.24, 2.45) is 0 Å². The fraction of sp³-hybridized carbons (Fsp3) is 0.310. The minimum atomic E-state index is -0.658. The first-order valence-corrected chi connectivity index (χ1v) is 13.3. The Morgan fingerprint density at radius 2 is 1.55 bits per heavy atom. The molecule has 0 radical (unpaired) electrons. The average molecular weight is 545 g/mol. The van der Waals surface area contributed by atoms with Gasteiger partial charge in [0.25, 0.3) is 11.8 Å². The number of aromatic amines is 1. The molecule has 2 amide bonds. The Bertz CT molecular complexity index is 1730. The van der Waals surface area contributed by atoms with Gasteiger partial charge in [0.2, 0.25) is 13.6 Å². The number of hydrogen-bond acceptors (Lipinski definition) is 8. The molecule has 7 rings (SSSR count). The zero-order valence-electron chi connectivity index (χ0n) is 22.1. The number of nitrogens with zero attached hydrogens (tertiary/aromatic N) is 2. The molecule has 11 heteroatoms. The quantitative estimate of drug-likeness (QED) is 0.289. The van der Waals surface area contributed by atoms with Gasteiger partial charge in [-0.15, -0.1) is 0 Å². The predicted octanol–water partition coefficient (Wildman–Crippen LogP) is 2.85. The lowest BCUT2D eigenvalue weighted by Crippen LogP contribution is -2.34. The molecule has 5 heterocycles. The highest BCUT2D eigenvalue weighted by Crippen LogP contribution is 2.48. The van der Waals surface area contributed by atoms with E-state index < -0.39 is 17.9 Å². The van der Waals surface area contributed by atoms with E-state index in [0.29, 0.717) is 51.4 Å². The van der Waals surface area contributed by atoms with Gasteiger partial charge in [0.15, 0.2) is 23.0 Å². The second-order valence-corrected chi connectivity index (χ2v) is 9.99. The number of ether oxygens (including phenoxy) is 4. The van der Waals surface area contributed by atoms with Gasteiger partial charge in [0.1, 0.15) is 0 Å². The summed E-state index contributed by atoms with van der Waals surface area (Å²) in [6.07, 6.45) is 2.86. The summed E-state index contributed by atoms with van der Waals surface area (Å²) >= 11 is 0. The summed E-state index contributed by atoms with van der Waals surface area (Å²) < 4.78 is 24.7. The number of aromatic nitrogens is 2. The second kappa shape index (κ2) is 9.32. The van der Waals surface area contributed by atoms with Crippen LogP contribution in [0.25, 0.3) is 33.0 Å². The van der Waals surface area contributed by atoms with Crippen LogP contribution >= 0.6 is 0 Å². The highest BCUT2D eigenvalue weighted by molar-refractivity contribution is 6.51. The Labute approximate surface area is 228 Å². The van der Waals surface area contributed by atoms with Crippen molar-refractivity contribution in [3.8, 4) is 23.0 Å². The molecule has 3 N–H and O–H groups in total. The second-order valence-electron chi connectivity index (χ2n) is 9.99. The molecule has 2 aromatic carbocycles. The van der Waals surface area contributed by atoms with Crippen LogP contribution in [-0.2, 0) is 16.1 Å². The van der Waals surface area contributed by atoms with Crippen LogP contribution in [-0.4, -0.2) is 70.7 Å². The van der Waals surface area contributed by atoms with Gasteiger partial charge in [-0.3, -0.25) is 14.9 Å². The number of aliphatic hydroxyl groups excluding tert-OH is 1. The largest absolute Gasteiger partial charge is 0.454 e. The van der Waals surface area contributed by atoms with E-state index >= 15 is 0 Å². The monoisotopic (exact) mass is 544 g/mol. The van der Waals surface area contributed by atoms with Crippen LogP contribution in [0.1, 0.15) is 25.0 Å². The molecule has 0 spiro atoms. The van der Waals surface area contributed by atoms with E-state index in [1.807, 2.05) is 29.0 Å². The van der Waals surface area contributed by atoms with Crippen molar-refractivity contribution in [3.63, 3.8) is 0 Å². The third-order valence-electron chi connectivity index (χ3n) is 7.80. The van der Waals surface area contributed by atoms with Crippen LogP contribution in [0.15, 0.2) is 36.7 Å². The molecule has 40 heavy (non-hydrogen) atoms. The van der Waals surface area contributed by atoms with Crippen molar-refractivity contribution in [3.05, 3.63) is 47.8 Å². The Morgan fingerprint density at radius 3 is 2.25 bits per heavy atom. The van der Waals surface area contributed by atoms with Crippen molar-refractivity contribution in [2.45, 2.75) is 26.5 Å². The third-order valence-corrected chi connectivity index (χ3v) is 7.80. The van der Waals surface area contributed by atoms with E-state index in [1.54, 1.807) is 12.3 Å². The molecule has 1 unspecified atom stereocenters. The van der Waals surface area contributed by atoms with Crippen LogP contribution in [0, 0.1) is 0 Å². The number of likely N-dealkylation sites (N-methyl/N-ethyl adjacent to an activating group) is 1. The maximum Gasteiger partial charge on any atom is 0.259 e. The van der Waals surface area contributed by atoms with Gasteiger partial charge in [-0.25, -0.2) is 0 Å². The first kappa shape index (κ1) is 24.6. The van der Waals surface area contributed by atoms with E-state index in [2.05, 4.69) is 29.0 Å². The summed E-state index contributed by atoms with van der Waals surface area (Å²) in [5.74, 6) is 1.12. The predicted molar refractivity (Wildman–Crippen MR) is 146 cm³/mol. The number of amides is 2. The van der Waals surface area contributed by atoms with Crippen LogP contribution in [0.2, 0.25) is 0 Å². The summed E-state index contributed by atoms with van der Waals surface area (Å²) in [7, 11) is 0. The Hall–Kier alpha value is -4.48. The minimum Gasteiger partial charge on any atom is -0.454 e. The number of imide groups is 1. The highest BCUT2D eigenvalue weighted by Gasteiger charge is 2.38. The number of nitrogens with one attached hydrogen (secondary N) is 2. The first-order chi connectivity index (χ1) is 19.5. The number of aliphatic hydroxyl groups is 1. The summed E-state index contributed by atoms with van der Waals surface area (Å²) in [5, 5.41) is 14.8. The summed E-state index contributed by atoms with van der Waals surface area (Å²) in [6.45, 7) is 6.67. The smallest absolute Gasteiger partial charge is 0.259 e. The van der Waals surface area contributed by atoms with Crippen molar-refractivity contribution in [1.29, 1.82) is 0 Å². The SMILES string of the molecule is CCN(CC)CC(O)Cn1cc(C2=C(c3c[nH]c4ccc5c(c34)OCO5)C(=O)NC2=O)c2c3c(ccc21)OCO3. The van der Waals surface area contributed by atoms with Crippen molar-refractivity contribution >= 4 is 44.8 Å². The highest BCUT2D eigenvalue weighted by atomic mass is 16.7. The molecule has 3 aliphatic heterocycles. The number of rotatable bonds is 8. The van der Waals surface area contributed by atoms with Crippen molar-refractivity contribution < 1.29 is 33.6 Å². The lowest BCUT2D eigenvalue weighted by Gasteiger charge is -2.22. The molecular weight excluding hydrogens is 516 g/mol. The van der Waals surface area contributed by atoms with E-state index in [9.17, 15) is 14.7 Å². The number of hydrogen-bond donors (Lipinski definition) is 3. The van der Waals surface area contributed by atoms with Crippen LogP contribution in [0.5, 0.6) is 23.0 Å². The lowest BCUT2D eigenvalue weighted by atomic mass is 9.95. The van der Waals surface area contributed by atoms with Gasteiger partial charge in [-0.2, -0.15) is 0 Å². The molecule has 206 valence electrons. The number of fused-ring (bicyclic) bond motifs is 6. The van der Waals surface area contributed by atoms with Gasteiger partial charge >= 0.3 is 0 Å². The molecule has 4 aromatic rings. The molecule has 0 saturated heterocycles. The molecule has 0 saturated carbocycles.